The Morgan fingerprint density at radius 1 is 0.861 bits per heavy atom. The van der Waals surface area contributed by atoms with Gasteiger partial charge in [-0.3, -0.25) is 34.9 Å². The Morgan fingerprint density at radius 2 is 1.39 bits per heavy atom. The lowest BCUT2D eigenvalue weighted by Gasteiger charge is -2.07. The van der Waals surface area contributed by atoms with Crippen LogP contribution in [-0.4, -0.2) is 31.2 Å². The van der Waals surface area contributed by atoms with Gasteiger partial charge >= 0.3 is 0 Å². The first kappa shape index (κ1) is 23.8. The summed E-state index contributed by atoms with van der Waals surface area (Å²) in [7, 11) is 0. The van der Waals surface area contributed by atoms with E-state index in [9.17, 15) is 29.8 Å². The minimum atomic E-state index is -0.666. The largest absolute Gasteiger partial charge is 0.295 e. The molecule has 0 unspecified atom stereocenters. The number of hydrogen-bond donors (Lipinski definition) is 2. The molecule has 0 aliphatic rings. The van der Waals surface area contributed by atoms with Crippen molar-refractivity contribution in [2.45, 2.75) is 6.92 Å². The number of nitrogens with zero attached hydrogens (tertiary/aromatic N) is 4. The molecule has 0 spiro atoms. The highest BCUT2D eigenvalue weighted by Gasteiger charge is 2.21. The van der Waals surface area contributed by atoms with E-state index in [2.05, 4.69) is 15.6 Å². The van der Waals surface area contributed by atoms with Gasteiger partial charge in [0.25, 0.3) is 22.8 Å². The lowest BCUT2D eigenvalue weighted by Crippen LogP contribution is -2.25. The Hall–Kier alpha value is -5.39. The van der Waals surface area contributed by atoms with Gasteiger partial charge in [0.2, 0.25) is 0 Å². The number of amides is 1. The molecule has 3 aromatic carbocycles. The zero-order valence-electron chi connectivity index (χ0n) is 18.7. The van der Waals surface area contributed by atoms with Crippen LogP contribution in [0.5, 0.6) is 0 Å². The van der Waals surface area contributed by atoms with Gasteiger partial charge in [0.05, 0.1) is 21.1 Å². The number of hydrazone groups is 1. The Kier molecular flexibility index (Phi) is 6.50. The molecule has 4 aromatic rings. The van der Waals surface area contributed by atoms with Crippen LogP contribution in [0.1, 0.15) is 27.2 Å². The molecular formula is C24H18N6O6. The van der Waals surface area contributed by atoms with E-state index in [0.29, 0.717) is 16.9 Å². The summed E-state index contributed by atoms with van der Waals surface area (Å²) in [4.78, 5) is 46.8. The van der Waals surface area contributed by atoms with Crippen molar-refractivity contribution in [3.8, 4) is 5.69 Å². The highest BCUT2D eigenvalue weighted by atomic mass is 16.6. The molecule has 1 heterocycles. The Labute approximate surface area is 202 Å². The standard InChI is InChI=1S/C24H18N6O6/c1-15-21(24(32)28(27-15)18-5-3-2-4-6-18)22(16-7-11-19(12-8-16)29(33)34)25-26-23(31)17-9-13-20(14-10-17)30(35)36/h2-14,27H,1H3,(H,26,31). The number of carbonyl (C=O) groups excluding carboxylic acids is 1. The van der Waals surface area contributed by atoms with E-state index in [0.717, 1.165) is 0 Å². The van der Waals surface area contributed by atoms with Crippen molar-refractivity contribution >= 4 is 23.0 Å². The average molecular weight is 486 g/mol. The monoisotopic (exact) mass is 486 g/mol. The maximum atomic E-state index is 13.4. The number of hydrogen-bond acceptors (Lipinski definition) is 7. The Morgan fingerprint density at radius 3 is 1.92 bits per heavy atom. The summed E-state index contributed by atoms with van der Waals surface area (Å²) in [6.07, 6.45) is 0. The van der Waals surface area contributed by atoms with E-state index < -0.39 is 21.3 Å². The molecule has 1 aromatic heterocycles. The number of para-hydroxylation sites is 1. The Bertz CT molecular complexity index is 1540. The van der Waals surface area contributed by atoms with Crippen molar-refractivity contribution in [3.63, 3.8) is 0 Å². The normalized spacial score (nSPS) is 11.2. The van der Waals surface area contributed by atoms with Gasteiger partial charge in [-0.15, -0.1) is 0 Å². The van der Waals surface area contributed by atoms with Gasteiger partial charge < -0.3 is 0 Å². The van der Waals surface area contributed by atoms with Crippen LogP contribution in [0.3, 0.4) is 0 Å². The van der Waals surface area contributed by atoms with E-state index in [1.54, 1.807) is 31.2 Å². The zero-order valence-corrected chi connectivity index (χ0v) is 18.7. The maximum Gasteiger partial charge on any atom is 0.281 e. The van der Waals surface area contributed by atoms with Crippen LogP contribution in [0, 0.1) is 27.2 Å². The van der Waals surface area contributed by atoms with Crippen LogP contribution in [0.2, 0.25) is 0 Å². The van der Waals surface area contributed by atoms with Crippen LogP contribution < -0.4 is 11.0 Å². The van der Waals surface area contributed by atoms with Crippen molar-refractivity contribution in [1.29, 1.82) is 0 Å². The molecule has 1 amide bonds. The van der Waals surface area contributed by atoms with Gasteiger partial charge in [0.15, 0.2) is 0 Å². The van der Waals surface area contributed by atoms with E-state index in [1.165, 1.54) is 53.2 Å². The second-order valence-electron chi connectivity index (χ2n) is 7.60. The van der Waals surface area contributed by atoms with E-state index in [4.69, 9.17) is 0 Å². The predicted octanol–water partition coefficient (Wildman–Crippen LogP) is 3.47. The minimum absolute atomic E-state index is 0.0774. The first-order valence-electron chi connectivity index (χ1n) is 10.5. The average Bonchev–Trinajstić information content (AvgIpc) is 3.18. The number of aryl methyl sites for hydroxylation is 1. The molecule has 0 fully saturated rings. The van der Waals surface area contributed by atoms with Gasteiger partial charge in [-0.25, -0.2) is 10.1 Å². The summed E-state index contributed by atoms with van der Waals surface area (Å²) in [6.45, 7) is 1.66. The molecular weight excluding hydrogens is 468 g/mol. The van der Waals surface area contributed by atoms with E-state index >= 15 is 0 Å². The van der Waals surface area contributed by atoms with Crippen molar-refractivity contribution in [1.82, 2.24) is 15.2 Å². The summed E-state index contributed by atoms with van der Waals surface area (Å²) >= 11 is 0. The fourth-order valence-electron chi connectivity index (χ4n) is 3.50. The predicted molar refractivity (Wildman–Crippen MR) is 130 cm³/mol. The van der Waals surface area contributed by atoms with E-state index in [-0.39, 0.29) is 28.2 Å². The Balaban J connectivity index is 1.77. The number of rotatable bonds is 7. The number of aromatic nitrogens is 2. The third kappa shape index (κ3) is 4.77. The first-order valence-corrected chi connectivity index (χ1v) is 10.5. The van der Waals surface area contributed by atoms with Crippen LogP contribution >= 0.6 is 0 Å². The molecule has 4 rings (SSSR count). The smallest absolute Gasteiger partial charge is 0.281 e. The number of H-pyrrole nitrogens is 1. The van der Waals surface area contributed by atoms with Crippen molar-refractivity contribution < 1.29 is 14.6 Å². The molecule has 0 radical (unpaired) electrons. The maximum absolute atomic E-state index is 13.4. The molecule has 0 saturated heterocycles. The summed E-state index contributed by atoms with van der Waals surface area (Å²) in [5, 5.41) is 29.1. The van der Waals surface area contributed by atoms with Crippen LogP contribution in [-0.2, 0) is 0 Å². The summed E-state index contributed by atoms with van der Waals surface area (Å²) in [5.74, 6) is -0.666. The highest BCUT2D eigenvalue weighted by molar-refractivity contribution is 6.14. The zero-order chi connectivity index (χ0) is 25.8. The summed E-state index contributed by atoms with van der Waals surface area (Å²) in [6, 6.07) is 19.1. The molecule has 0 bridgehead atoms. The van der Waals surface area contributed by atoms with Crippen LogP contribution in [0.4, 0.5) is 11.4 Å². The summed E-state index contributed by atoms with van der Waals surface area (Å²) < 4.78 is 1.32. The third-order valence-electron chi connectivity index (χ3n) is 5.28. The third-order valence-corrected chi connectivity index (χ3v) is 5.28. The van der Waals surface area contributed by atoms with Crippen molar-refractivity contribution in [2.75, 3.05) is 0 Å². The SMILES string of the molecule is Cc1[nH]n(-c2ccccc2)c(=O)c1C(=NNC(=O)c1ccc([N+](=O)[O-])cc1)c1ccc([N+](=O)[O-])cc1. The van der Waals surface area contributed by atoms with Crippen molar-refractivity contribution in [2.24, 2.45) is 5.10 Å². The van der Waals surface area contributed by atoms with Gasteiger partial charge in [-0.1, -0.05) is 18.2 Å². The quantitative estimate of drug-likeness (QED) is 0.230. The lowest BCUT2D eigenvalue weighted by molar-refractivity contribution is -0.385. The van der Waals surface area contributed by atoms with Gasteiger partial charge in [-0.05, 0) is 43.3 Å². The molecule has 36 heavy (non-hydrogen) atoms. The number of benzene rings is 3. The molecule has 12 heteroatoms. The number of nitro groups is 2. The number of nitrogens with one attached hydrogen (secondary N) is 2. The van der Waals surface area contributed by atoms with E-state index in [1.807, 2.05) is 6.07 Å². The van der Waals surface area contributed by atoms with Gasteiger partial charge in [0, 0.05) is 41.1 Å². The van der Waals surface area contributed by atoms with Crippen molar-refractivity contribution in [3.05, 3.63) is 132 Å². The molecule has 0 aliphatic heterocycles. The number of carbonyl (C=O) groups is 1. The minimum Gasteiger partial charge on any atom is -0.295 e. The fourth-order valence-corrected chi connectivity index (χ4v) is 3.50. The van der Waals surface area contributed by atoms with Gasteiger partial charge in [-0.2, -0.15) is 5.10 Å². The topological polar surface area (TPSA) is 166 Å². The van der Waals surface area contributed by atoms with Crippen LogP contribution in [0.15, 0.2) is 88.8 Å². The van der Waals surface area contributed by atoms with Gasteiger partial charge in [0.1, 0.15) is 5.71 Å². The highest BCUT2D eigenvalue weighted by Crippen LogP contribution is 2.17. The molecule has 0 saturated carbocycles. The first-order chi connectivity index (χ1) is 17.3. The number of nitro benzene ring substituents is 2. The second kappa shape index (κ2) is 9.85. The van der Waals surface area contributed by atoms with Crippen LogP contribution in [0.25, 0.3) is 5.69 Å². The molecule has 0 atom stereocenters. The number of aromatic amines is 1. The molecule has 180 valence electrons. The molecule has 2 N–H and O–H groups in total. The fraction of sp³-hybridized carbons (Fsp3) is 0.0417. The second-order valence-corrected chi connectivity index (χ2v) is 7.60. The molecule has 0 aliphatic carbocycles. The lowest BCUT2D eigenvalue weighted by atomic mass is 10.0. The number of non-ortho nitro benzene ring substituents is 2. The molecule has 12 nitrogen and oxygen atoms in total. The summed E-state index contributed by atoms with van der Waals surface area (Å²) in [5.41, 5.74) is 3.31.